The number of hydrogen-bond acceptors (Lipinski definition) is 2. The Bertz CT molecular complexity index is 469. The Morgan fingerprint density at radius 1 is 1.20 bits per heavy atom. The first-order valence-electron chi connectivity index (χ1n) is 7.65. The molecule has 2 aliphatic rings. The molecule has 1 aliphatic heterocycles. The lowest BCUT2D eigenvalue weighted by molar-refractivity contribution is -0.108. The molecule has 3 rings (SSSR count). The maximum Gasteiger partial charge on any atom is 0.120 e. The number of benzene rings is 1. The fraction of sp³-hybridized carbons (Fsp3) is 0.647. The van der Waals surface area contributed by atoms with Crippen LogP contribution in [-0.4, -0.2) is 18.3 Å². The molecule has 110 valence electrons. The van der Waals surface area contributed by atoms with Gasteiger partial charge in [0.15, 0.2) is 0 Å². The van der Waals surface area contributed by atoms with Gasteiger partial charge < -0.3 is 9.47 Å². The normalized spacial score (nSPS) is 25.1. The van der Waals surface area contributed by atoms with Gasteiger partial charge in [0.1, 0.15) is 11.9 Å². The molecule has 1 saturated heterocycles. The molecule has 0 N–H and O–H groups in total. The largest absolute Gasteiger partial charge is 0.490 e. The summed E-state index contributed by atoms with van der Waals surface area (Å²) in [5.41, 5.74) is 2.60. The molecule has 3 heteroatoms. The molecule has 2 fully saturated rings. The summed E-state index contributed by atoms with van der Waals surface area (Å²) in [5.74, 6) is 1.00. The number of ether oxygens (including phenoxy) is 2. The number of hydrogen-bond donors (Lipinski definition) is 0. The molecule has 0 aromatic heterocycles. The van der Waals surface area contributed by atoms with Crippen LogP contribution in [0.25, 0.3) is 0 Å². The highest BCUT2D eigenvalue weighted by atomic mass is 79.9. The zero-order valence-electron chi connectivity index (χ0n) is 12.4. The molecular weight excluding hydrogens is 316 g/mol. The van der Waals surface area contributed by atoms with E-state index in [0.717, 1.165) is 25.2 Å². The van der Waals surface area contributed by atoms with Gasteiger partial charge in [0.2, 0.25) is 0 Å². The van der Waals surface area contributed by atoms with Gasteiger partial charge in [-0.3, -0.25) is 0 Å². The standard InChI is InChI=1S/C17H23BrO2/c1-12-9-15(10-13(2)16(12)18)20-14-5-8-19-17(11-14)6-3-4-7-17/h9-10,14H,3-8,11H2,1-2H3. The fourth-order valence-corrected chi connectivity index (χ4v) is 3.85. The van der Waals surface area contributed by atoms with Crippen LogP contribution in [0.15, 0.2) is 16.6 Å². The van der Waals surface area contributed by atoms with Crippen molar-refractivity contribution in [1.82, 2.24) is 0 Å². The molecule has 0 bridgehead atoms. The summed E-state index contributed by atoms with van der Waals surface area (Å²) in [6.45, 7) is 5.08. The van der Waals surface area contributed by atoms with Gasteiger partial charge in [-0.25, -0.2) is 0 Å². The van der Waals surface area contributed by atoms with Crippen LogP contribution in [0.1, 0.15) is 49.7 Å². The molecule has 1 unspecified atom stereocenters. The Morgan fingerprint density at radius 2 is 1.85 bits per heavy atom. The third kappa shape index (κ3) is 2.89. The topological polar surface area (TPSA) is 18.5 Å². The summed E-state index contributed by atoms with van der Waals surface area (Å²) in [7, 11) is 0. The highest BCUT2D eigenvalue weighted by Gasteiger charge is 2.40. The van der Waals surface area contributed by atoms with E-state index in [-0.39, 0.29) is 5.60 Å². The number of aryl methyl sites for hydroxylation is 2. The van der Waals surface area contributed by atoms with Gasteiger partial charge in [0, 0.05) is 17.3 Å². The van der Waals surface area contributed by atoms with Crippen molar-refractivity contribution in [3.63, 3.8) is 0 Å². The molecule has 20 heavy (non-hydrogen) atoms. The van der Waals surface area contributed by atoms with Crippen molar-refractivity contribution in [2.45, 2.75) is 64.1 Å². The molecule has 1 aliphatic carbocycles. The molecule has 1 aromatic rings. The molecule has 0 radical (unpaired) electrons. The first-order valence-corrected chi connectivity index (χ1v) is 8.45. The first-order chi connectivity index (χ1) is 9.58. The highest BCUT2D eigenvalue weighted by Crippen LogP contribution is 2.41. The zero-order valence-corrected chi connectivity index (χ0v) is 14.0. The Balaban J connectivity index is 1.71. The second kappa shape index (κ2) is 5.69. The fourth-order valence-electron chi connectivity index (χ4n) is 3.62. The molecule has 0 amide bonds. The van der Waals surface area contributed by atoms with Gasteiger partial charge in [-0.05, 0) is 49.9 Å². The molecule has 1 atom stereocenters. The summed E-state index contributed by atoms with van der Waals surface area (Å²) in [6, 6.07) is 4.27. The maximum absolute atomic E-state index is 6.26. The van der Waals surface area contributed by atoms with Gasteiger partial charge in [-0.15, -0.1) is 0 Å². The van der Waals surface area contributed by atoms with Crippen molar-refractivity contribution in [1.29, 1.82) is 0 Å². The van der Waals surface area contributed by atoms with Gasteiger partial charge in [0.25, 0.3) is 0 Å². The van der Waals surface area contributed by atoms with Crippen molar-refractivity contribution in [2.24, 2.45) is 0 Å². The van der Waals surface area contributed by atoms with Crippen LogP contribution in [-0.2, 0) is 4.74 Å². The molecule has 2 nitrogen and oxygen atoms in total. The summed E-state index contributed by atoms with van der Waals surface area (Å²) in [5, 5.41) is 0. The Hall–Kier alpha value is -0.540. The minimum absolute atomic E-state index is 0.127. The van der Waals surface area contributed by atoms with Crippen LogP contribution in [0, 0.1) is 13.8 Å². The van der Waals surface area contributed by atoms with Crippen molar-refractivity contribution < 1.29 is 9.47 Å². The maximum atomic E-state index is 6.26. The summed E-state index contributed by atoms with van der Waals surface area (Å²) < 4.78 is 13.5. The van der Waals surface area contributed by atoms with Crippen molar-refractivity contribution in [3.8, 4) is 5.75 Å². The van der Waals surface area contributed by atoms with Gasteiger partial charge in [0.05, 0.1) is 12.2 Å². The predicted octanol–water partition coefficient (Wildman–Crippen LogP) is 4.94. The van der Waals surface area contributed by atoms with E-state index in [9.17, 15) is 0 Å². The Morgan fingerprint density at radius 3 is 2.50 bits per heavy atom. The molecular formula is C17H23BrO2. The van der Waals surface area contributed by atoms with E-state index >= 15 is 0 Å². The zero-order chi connectivity index (χ0) is 14.2. The van der Waals surface area contributed by atoms with Gasteiger partial charge in [-0.1, -0.05) is 28.8 Å². The highest BCUT2D eigenvalue weighted by molar-refractivity contribution is 9.10. The van der Waals surface area contributed by atoms with Crippen molar-refractivity contribution in [3.05, 3.63) is 27.7 Å². The van der Waals surface area contributed by atoms with Crippen LogP contribution >= 0.6 is 15.9 Å². The van der Waals surface area contributed by atoms with E-state index in [4.69, 9.17) is 9.47 Å². The summed E-state index contributed by atoms with van der Waals surface area (Å²) >= 11 is 3.61. The lowest BCUT2D eigenvalue weighted by atomic mass is 9.90. The van der Waals surface area contributed by atoms with Crippen LogP contribution < -0.4 is 4.74 Å². The van der Waals surface area contributed by atoms with Gasteiger partial charge >= 0.3 is 0 Å². The minimum atomic E-state index is 0.127. The monoisotopic (exact) mass is 338 g/mol. The van der Waals surface area contributed by atoms with Gasteiger partial charge in [-0.2, -0.15) is 0 Å². The summed E-state index contributed by atoms with van der Waals surface area (Å²) in [4.78, 5) is 0. The Kier molecular flexibility index (Phi) is 4.09. The third-order valence-corrected chi connectivity index (χ3v) is 5.93. The van der Waals surface area contributed by atoms with Crippen LogP contribution in [0.3, 0.4) is 0 Å². The number of rotatable bonds is 2. The first kappa shape index (κ1) is 14.4. The van der Waals surface area contributed by atoms with E-state index in [0.29, 0.717) is 6.10 Å². The van der Waals surface area contributed by atoms with Crippen molar-refractivity contribution >= 4 is 15.9 Å². The lowest BCUT2D eigenvalue weighted by Gasteiger charge is -2.38. The molecule has 1 spiro atoms. The summed E-state index contributed by atoms with van der Waals surface area (Å²) in [6.07, 6.45) is 7.42. The average Bonchev–Trinajstić information content (AvgIpc) is 2.84. The van der Waals surface area contributed by atoms with Crippen LogP contribution in [0.5, 0.6) is 5.75 Å². The SMILES string of the molecule is Cc1cc(OC2CCOC3(CCCC3)C2)cc(C)c1Br. The molecule has 1 aromatic carbocycles. The Labute approximate surface area is 130 Å². The molecule has 1 heterocycles. The number of halogens is 1. The van der Waals surface area contributed by atoms with E-state index in [1.807, 2.05) is 0 Å². The predicted molar refractivity (Wildman–Crippen MR) is 84.4 cm³/mol. The minimum Gasteiger partial charge on any atom is -0.490 e. The van der Waals surface area contributed by atoms with Crippen LogP contribution in [0.2, 0.25) is 0 Å². The second-order valence-electron chi connectivity index (χ2n) is 6.34. The van der Waals surface area contributed by atoms with E-state index in [1.54, 1.807) is 0 Å². The van der Waals surface area contributed by atoms with Crippen molar-refractivity contribution in [2.75, 3.05) is 6.61 Å². The van der Waals surface area contributed by atoms with E-state index in [1.165, 1.54) is 41.3 Å². The van der Waals surface area contributed by atoms with Crippen LogP contribution in [0.4, 0.5) is 0 Å². The lowest BCUT2D eigenvalue weighted by Crippen LogP contribution is -2.41. The van der Waals surface area contributed by atoms with E-state index in [2.05, 4.69) is 41.9 Å². The molecule has 1 saturated carbocycles. The smallest absolute Gasteiger partial charge is 0.120 e. The average molecular weight is 339 g/mol. The third-order valence-electron chi connectivity index (χ3n) is 4.68. The quantitative estimate of drug-likeness (QED) is 0.760. The second-order valence-corrected chi connectivity index (χ2v) is 7.14. The van der Waals surface area contributed by atoms with E-state index < -0.39 is 0 Å².